The van der Waals surface area contributed by atoms with Gasteiger partial charge in [0.05, 0.1) is 0 Å². The van der Waals surface area contributed by atoms with E-state index in [9.17, 15) is 4.79 Å². The summed E-state index contributed by atoms with van der Waals surface area (Å²) in [6, 6.07) is 11.1. The summed E-state index contributed by atoms with van der Waals surface area (Å²) in [4.78, 5) is 17.5. The minimum Gasteiger partial charge on any atom is -0.322 e. The van der Waals surface area contributed by atoms with E-state index in [1.54, 1.807) is 18.3 Å². The second-order valence-electron chi connectivity index (χ2n) is 8.59. The van der Waals surface area contributed by atoms with Crippen LogP contribution >= 0.6 is 11.6 Å². The summed E-state index contributed by atoms with van der Waals surface area (Å²) in [6.45, 7) is 0. The molecule has 1 aromatic heterocycles. The molecule has 0 aliphatic heterocycles. The topological polar surface area (TPSA) is 42.0 Å². The zero-order valence-electron chi connectivity index (χ0n) is 14.7. The number of nitrogens with zero attached hydrogens (tertiary/aromatic N) is 1. The highest BCUT2D eigenvalue weighted by molar-refractivity contribution is 6.30. The van der Waals surface area contributed by atoms with E-state index in [1.807, 2.05) is 24.3 Å². The summed E-state index contributed by atoms with van der Waals surface area (Å²) in [6.07, 6.45) is 9.81. The van der Waals surface area contributed by atoms with Crippen LogP contribution in [0.1, 0.15) is 54.6 Å². The Kier molecular flexibility index (Phi) is 3.82. The van der Waals surface area contributed by atoms with Crippen LogP contribution in [-0.2, 0) is 5.41 Å². The average molecular weight is 367 g/mol. The van der Waals surface area contributed by atoms with Crippen molar-refractivity contribution in [3.63, 3.8) is 0 Å². The van der Waals surface area contributed by atoms with Gasteiger partial charge in [-0.25, -0.2) is 0 Å². The quantitative estimate of drug-likeness (QED) is 0.784. The monoisotopic (exact) mass is 366 g/mol. The summed E-state index contributed by atoms with van der Waals surface area (Å²) < 4.78 is 0. The van der Waals surface area contributed by atoms with E-state index in [0.717, 1.165) is 29.1 Å². The molecule has 0 spiro atoms. The standard InChI is InChI=1S/C22H23ClN2O/c23-18-2-1-3-19(10-18)25-21(26)17-4-5-24-20(9-17)22-11-14-6-15(12-22)8-16(7-14)13-22/h1-5,9-10,14-16H,6-8,11-13H2,(H,25,26). The highest BCUT2D eigenvalue weighted by Gasteiger charge is 2.52. The number of hydrogen-bond donors (Lipinski definition) is 1. The highest BCUT2D eigenvalue weighted by atomic mass is 35.5. The number of pyridine rings is 1. The van der Waals surface area contributed by atoms with Crippen molar-refractivity contribution in [2.45, 2.75) is 43.9 Å². The van der Waals surface area contributed by atoms with Crippen LogP contribution in [0.5, 0.6) is 0 Å². The SMILES string of the molecule is O=C(Nc1cccc(Cl)c1)c1ccnc(C23CC4CC(CC(C4)C2)C3)c1. The molecule has 4 saturated carbocycles. The third kappa shape index (κ3) is 2.83. The van der Waals surface area contributed by atoms with Crippen molar-refractivity contribution < 1.29 is 4.79 Å². The van der Waals surface area contributed by atoms with E-state index >= 15 is 0 Å². The second kappa shape index (κ2) is 6.09. The van der Waals surface area contributed by atoms with Crippen LogP contribution in [0, 0.1) is 17.8 Å². The summed E-state index contributed by atoms with van der Waals surface area (Å²) >= 11 is 6.01. The molecule has 0 saturated heterocycles. The Labute approximate surface area is 159 Å². The molecule has 1 aromatic carbocycles. The van der Waals surface area contributed by atoms with Crippen molar-refractivity contribution in [1.82, 2.24) is 4.98 Å². The van der Waals surface area contributed by atoms with Crippen LogP contribution < -0.4 is 5.32 Å². The third-order valence-corrected chi connectivity index (χ3v) is 6.92. The molecular formula is C22H23ClN2O. The average Bonchev–Trinajstić information content (AvgIpc) is 2.61. The van der Waals surface area contributed by atoms with Gasteiger partial charge in [-0.05, 0) is 86.6 Å². The fourth-order valence-corrected chi connectivity index (χ4v) is 6.25. The van der Waals surface area contributed by atoms with Crippen molar-refractivity contribution in [2.24, 2.45) is 17.8 Å². The van der Waals surface area contributed by atoms with Gasteiger partial charge in [-0.15, -0.1) is 0 Å². The number of aromatic nitrogens is 1. The number of rotatable bonds is 3. The summed E-state index contributed by atoms with van der Waals surface area (Å²) in [5, 5.41) is 3.57. The lowest BCUT2D eigenvalue weighted by Crippen LogP contribution is -2.49. The Balaban J connectivity index is 1.42. The molecule has 0 atom stereocenters. The van der Waals surface area contributed by atoms with Crippen LogP contribution in [-0.4, -0.2) is 10.9 Å². The smallest absolute Gasteiger partial charge is 0.255 e. The van der Waals surface area contributed by atoms with Crippen molar-refractivity contribution in [2.75, 3.05) is 5.32 Å². The van der Waals surface area contributed by atoms with Gasteiger partial charge in [0, 0.05) is 33.6 Å². The number of amides is 1. The third-order valence-electron chi connectivity index (χ3n) is 6.69. The molecule has 2 aromatic rings. The van der Waals surface area contributed by atoms with Crippen LogP contribution in [0.3, 0.4) is 0 Å². The van der Waals surface area contributed by atoms with E-state index in [2.05, 4.69) is 5.32 Å². The van der Waals surface area contributed by atoms with E-state index in [0.29, 0.717) is 10.6 Å². The number of carbonyl (C=O) groups is 1. The van der Waals surface area contributed by atoms with Crippen LogP contribution in [0.4, 0.5) is 5.69 Å². The fourth-order valence-electron chi connectivity index (χ4n) is 6.06. The van der Waals surface area contributed by atoms with E-state index in [4.69, 9.17) is 16.6 Å². The van der Waals surface area contributed by atoms with Crippen LogP contribution in [0.25, 0.3) is 0 Å². The van der Waals surface area contributed by atoms with Crippen molar-refractivity contribution in [1.29, 1.82) is 0 Å². The normalized spacial score (nSPS) is 31.8. The molecule has 4 heteroatoms. The van der Waals surface area contributed by atoms with Gasteiger partial charge in [0.25, 0.3) is 5.91 Å². The molecule has 4 bridgehead atoms. The van der Waals surface area contributed by atoms with E-state index in [-0.39, 0.29) is 11.3 Å². The predicted octanol–water partition coefficient (Wildman–Crippen LogP) is 5.46. The number of anilines is 1. The van der Waals surface area contributed by atoms with Gasteiger partial charge in [0.1, 0.15) is 0 Å². The first-order valence-electron chi connectivity index (χ1n) is 9.63. The molecule has 1 N–H and O–H groups in total. The zero-order valence-corrected chi connectivity index (χ0v) is 15.5. The van der Waals surface area contributed by atoms with E-state index in [1.165, 1.54) is 38.5 Å². The first-order chi connectivity index (χ1) is 12.6. The van der Waals surface area contributed by atoms with Crippen LogP contribution in [0.15, 0.2) is 42.6 Å². The Hall–Kier alpha value is -1.87. The van der Waals surface area contributed by atoms with Crippen molar-refractivity contribution >= 4 is 23.2 Å². The summed E-state index contributed by atoms with van der Waals surface area (Å²) in [5.74, 6) is 2.51. The highest BCUT2D eigenvalue weighted by Crippen LogP contribution is 2.60. The van der Waals surface area contributed by atoms with Gasteiger partial charge in [-0.2, -0.15) is 0 Å². The molecule has 134 valence electrons. The number of nitrogens with one attached hydrogen (secondary N) is 1. The summed E-state index contributed by atoms with van der Waals surface area (Å²) in [5.41, 5.74) is 2.75. The molecule has 1 amide bonds. The maximum atomic E-state index is 12.7. The van der Waals surface area contributed by atoms with Crippen molar-refractivity contribution in [3.8, 4) is 0 Å². The molecule has 1 heterocycles. The Morgan fingerprint density at radius 2 is 1.73 bits per heavy atom. The first kappa shape index (κ1) is 16.3. The molecule has 6 rings (SSSR count). The summed E-state index contributed by atoms with van der Waals surface area (Å²) in [7, 11) is 0. The molecule has 0 radical (unpaired) electrons. The first-order valence-corrected chi connectivity index (χ1v) is 10.0. The number of hydrogen-bond acceptors (Lipinski definition) is 2. The van der Waals surface area contributed by atoms with Gasteiger partial charge in [0.15, 0.2) is 0 Å². The second-order valence-corrected chi connectivity index (χ2v) is 9.03. The molecule has 0 unspecified atom stereocenters. The Morgan fingerprint density at radius 3 is 2.38 bits per heavy atom. The van der Waals surface area contributed by atoms with Gasteiger partial charge in [-0.1, -0.05) is 17.7 Å². The Morgan fingerprint density at radius 1 is 1.04 bits per heavy atom. The van der Waals surface area contributed by atoms with Gasteiger partial charge >= 0.3 is 0 Å². The lowest BCUT2D eigenvalue weighted by atomic mass is 9.48. The molecular weight excluding hydrogens is 344 g/mol. The van der Waals surface area contributed by atoms with Gasteiger partial charge in [0.2, 0.25) is 0 Å². The van der Waals surface area contributed by atoms with Crippen LogP contribution in [0.2, 0.25) is 5.02 Å². The predicted molar refractivity (Wildman–Crippen MR) is 103 cm³/mol. The minimum atomic E-state index is -0.0966. The van der Waals surface area contributed by atoms with Crippen molar-refractivity contribution in [3.05, 3.63) is 58.9 Å². The molecule has 4 fully saturated rings. The molecule has 4 aliphatic carbocycles. The van der Waals surface area contributed by atoms with Gasteiger partial charge in [-0.3, -0.25) is 9.78 Å². The lowest BCUT2D eigenvalue weighted by Gasteiger charge is -2.56. The van der Waals surface area contributed by atoms with E-state index < -0.39 is 0 Å². The molecule has 4 aliphatic rings. The molecule has 26 heavy (non-hydrogen) atoms. The number of halogens is 1. The maximum Gasteiger partial charge on any atom is 0.255 e. The molecule has 3 nitrogen and oxygen atoms in total. The number of benzene rings is 1. The van der Waals surface area contributed by atoms with Gasteiger partial charge < -0.3 is 5.32 Å². The largest absolute Gasteiger partial charge is 0.322 e. The zero-order chi connectivity index (χ0) is 17.7. The lowest BCUT2D eigenvalue weighted by molar-refractivity contribution is -0.00721. The minimum absolute atomic E-state index is 0.0966. The maximum absolute atomic E-state index is 12.7. The fraction of sp³-hybridized carbons (Fsp3) is 0.455. The number of carbonyl (C=O) groups excluding carboxylic acids is 1. The Bertz CT molecular complexity index is 827.